The van der Waals surface area contributed by atoms with Crippen LogP contribution >= 0.6 is 11.8 Å². The molecule has 0 aliphatic rings. The fourth-order valence-corrected chi connectivity index (χ4v) is 3.60. The lowest BCUT2D eigenvalue weighted by Gasteiger charge is -2.12. The van der Waals surface area contributed by atoms with Crippen LogP contribution in [0.2, 0.25) is 0 Å². The van der Waals surface area contributed by atoms with Crippen molar-refractivity contribution < 1.29 is 18.0 Å². The van der Waals surface area contributed by atoms with Gasteiger partial charge in [-0.15, -0.1) is 11.8 Å². The molecule has 2 aromatic carbocycles. The first-order valence-corrected chi connectivity index (χ1v) is 11.1. The molecule has 0 aliphatic heterocycles. The number of rotatable bonds is 8. The maximum absolute atomic E-state index is 12.3. The van der Waals surface area contributed by atoms with Gasteiger partial charge in [0.2, 0.25) is 21.8 Å². The van der Waals surface area contributed by atoms with Gasteiger partial charge < -0.3 is 10.6 Å². The maximum atomic E-state index is 12.3. The first-order valence-electron chi connectivity index (χ1n) is 8.54. The van der Waals surface area contributed by atoms with Crippen LogP contribution in [0.25, 0.3) is 0 Å². The number of sulfonamides is 1. The number of aryl methyl sites for hydroxylation is 1. The van der Waals surface area contributed by atoms with Crippen LogP contribution in [0.5, 0.6) is 0 Å². The van der Waals surface area contributed by atoms with Crippen molar-refractivity contribution in [2.24, 2.45) is 0 Å². The normalized spacial score (nSPS) is 12.2. The van der Waals surface area contributed by atoms with Gasteiger partial charge in [0.05, 0.1) is 15.9 Å². The predicted molar refractivity (Wildman–Crippen MR) is 113 cm³/mol. The fraction of sp³-hybridized carbons (Fsp3) is 0.263. The summed E-state index contributed by atoms with van der Waals surface area (Å²) in [7, 11) is -2.19. The van der Waals surface area contributed by atoms with Crippen LogP contribution in [0.3, 0.4) is 0 Å². The maximum Gasteiger partial charge on any atom is 0.240 e. The van der Waals surface area contributed by atoms with E-state index in [0.29, 0.717) is 11.4 Å². The molecule has 0 saturated carbocycles. The number of anilines is 2. The fourth-order valence-electron chi connectivity index (χ4n) is 2.19. The standard InChI is InChI=1S/C19H23N3O4S2/c1-13-4-6-15(7-5-13)21-18(23)12-27-14(2)19(24)22-16-8-10-17(11-9-16)28(25,26)20-3/h4-11,14,20H,12H2,1-3H3,(H,21,23)(H,22,24)/t14-/m0/s1. The van der Waals surface area contributed by atoms with Gasteiger partial charge in [-0.3, -0.25) is 9.59 Å². The molecular formula is C19H23N3O4S2. The topological polar surface area (TPSA) is 104 Å². The molecule has 2 amide bonds. The Balaban J connectivity index is 1.83. The Morgan fingerprint density at radius 3 is 2.07 bits per heavy atom. The zero-order valence-corrected chi connectivity index (χ0v) is 17.5. The molecular weight excluding hydrogens is 398 g/mol. The molecule has 9 heteroatoms. The van der Waals surface area contributed by atoms with Crippen molar-refractivity contribution in [2.45, 2.75) is 24.0 Å². The summed E-state index contributed by atoms with van der Waals surface area (Å²) in [5.74, 6) is -0.311. The van der Waals surface area contributed by atoms with Crippen molar-refractivity contribution in [1.82, 2.24) is 4.72 Å². The summed E-state index contributed by atoms with van der Waals surface area (Å²) in [6.07, 6.45) is 0. The number of benzene rings is 2. The van der Waals surface area contributed by atoms with Gasteiger partial charge in [0.15, 0.2) is 0 Å². The van der Waals surface area contributed by atoms with Gasteiger partial charge >= 0.3 is 0 Å². The Kier molecular flexibility index (Phi) is 7.61. The Bertz CT molecular complexity index is 927. The van der Waals surface area contributed by atoms with E-state index < -0.39 is 15.3 Å². The van der Waals surface area contributed by atoms with E-state index in [1.807, 2.05) is 31.2 Å². The minimum atomic E-state index is -3.52. The van der Waals surface area contributed by atoms with E-state index in [0.717, 1.165) is 5.56 Å². The number of hydrogen-bond donors (Lipinski definition) is 3. The minimum Gasteiger partial charge on any atom is -0.325 e. The molecule has 2 rings (SSSR count). The molecule has 0 fully saturated rings. The third-order valence-electron chi connectivity index (χ3n) is 3.87. The third kappa shape index (κ3) is 6.36. The molecule has 1 atom stereocenters. The number of hydrogen-bond acceptors (Lipinski definition) is 5. The summed E-state index contributed by atoms with van der Waals surface area (Å²) in [6.45, 7) is 3.67. The van der Waals surface area contributed by atoms with Gasteiger partial charge in [0.25, 0.3) is 0 Å². The van der Waals surface area contributed by atoms with Crippen LogP contribution in [-0.4, -0.2) is 38.3 Å². The lowest BCUT2D eigenvalue weighted by Crippen LogP contribution is -2.25. The summed E-state index contributed by atoms with van der Waals surface area (Å²) in [6, 6.07) is 13.3. The number of carbonyl (C=O) groups is 2. The first-order chi connectivity index (χ1) is 13.2. The molecule has 0 saturated heterocycles. The molecule has 0 unspecified atom stereocenters. The zero-order valence-electron chi connectivity index (χ0n) is 15.9. The van der Waals surface area contributed by atoms with Crippen LogP contribution in [-0.2, 0) is 19.6 Å². The van der Waals surface area contributed by atoms with E-state index in [1.54, 1.807) is 6.92 Å². The first kappa shape index (κ1) is 21.9. The van der Waals surface area contributed by atoms with Crippen LogP contribution in [0.1, 0.15) is 12.5 Å². The highest BCUT2D eigenvalue weighted by atomic mass is 32.2. The van der Waals surface area contributed by atoms with Crippen molar-refractivity contribution in [3.63, 3.8) is 0 Å². The van der Waals surface area contributed by atoms with Crippen LogP contribution in [0, 0.1) is 6.92 Å². The monoisotopic (exact) mass is 421 g/mol. The van der Waals surface area contributed by atoms with Crippen LogP contribution in [0.4, 0.5) is 11.4 Å². The smallest absolute Gasteiger partial charge is 0.240 e. The van der Waals surface area contributed by atoms with Gasteiger partial charge in [-0.1, -0.05) is 17.7 Å². The second-order valence-corrected chi connectivity index (χ2v) is 9.30. The zero-order chi connectivity index (χ0) is 20.7. The van der Waals surface area contributed by atoms with E-state index in [2.05, 4.69) is 15.4 Å². The largest absolute Gasteiger partial charge is 0.325 e. The SMILES string of the molecule is CNS(=O)(=O)c1ccc(NC(=O)[C@H](C)SCC(=O)Nc2ccc(C)cc2)cc1. The molecule has 150 valence electrons. The third-order valence-corrected chi connectivity index (χ3v) is 6.44. The highest BCUT2D eigenvalue weighted by Gasteiger charge is 2.16. The van der Waals surface area contributed by atoms with Gasteiger partial charge in [-0.25, -0.2) is 13.1 Å². The second kappa shape index (κ2) is 9.72. The molecule has 0 aromatic heterocycles. The highest BCUT2D eigenvalue weighted by Crippen LogP contribution is 2.17. The van der Waals surface area contributed by atoms with E-state index in [-0.39, 0.29) is 22.5 Å². The Morgan fingerprint density at radius 2 is 1.50 bits per heavy atom. The number of nitrogens with one attached hydrogen (secondary N) is 3. The van der Waals surface area contributed by atoms with Gasteiger partial charge in [0.1, 0.15) is 0 Å². The minimum absolute atomic E-state index is 0.114. The van der Waals surface area contributed by atoms with Gasteiger partial charge in [0, 0.05) is 11.4 Å². The summed E-state index contributed by atoms with van der Waals surface area (Å²) in [5.41, 5.74) is 2.30. The molecule has 0 aliphatic carbocycles. The molecule has 0 spiro atoms. The Hall–Kier alpha value is -2.36. The van der Waals surface area contributed by atoms with Gasteiger partial charge in [-0.05, 0) is 57.3 Å². The molecule has 0 bridgehead atoms. The Morgan fingerprint density at radius 1 is 0.964 bits per heavy atom. The van der Waals surface area contributed by atoms with E-state index in [9.17, 15) is 18.0 Å². The molecule has 3 N–H and O–H groups in total. The van der Waals surface area contributed by atoms with Crippen LogP contribution < -0.4 is 15.4 Å². The van der Waals surface area contributed by atoms with E-state index >= 15 is 0 Å². The number of amides is 2. The summed E-state index contributed by atoms with van der Waals surface area (Å²) in [4.78, 5) is 24.4. The van der Waals surface area contributed by atoms with Crippen molar-refractivity contribution >= 4 is 45.0 Å². The Labute approximate surface area is 169 Å². The average molecular weight is 422 g/mol. The van der Waals surface area contributed by atoms with Crippen molar-refractivity contribution in [3.8, 4) is 0 Å². The van der Waals surface area contributed by atoms with E-state index in [1.165, 1.54) is 43.1 Å². The molecule has 0 radical (unpaired) electrons. The number of thioether (sulfide) groups is 1. The molecule has 0 heterocycles. The quantitative estimate of drug-likeness (QED) is 0.608. The van der Waals surface area contributed by atoms with Crippen LogP contribution in [0.15, 0.2) is 53.4 Å². The van der Waals surface area contributed by atoms with Gasteiger partial charge in [-0.2, -0.15) is 0 Å². The predicted octanol–water partition coefficient (Wildman–Crippen LogP) is 2.60. The van der Waals surface area contributed by atoms with Crippen molar-refractivity contribution in [1.29, 1.82) is 0 Å². The summed E-state index contributed by atoms with van der Waals surface area (Å²) >= 11 is 1.22. The molecule has 7 nitrogen and oxygen atoms in total. The average Bonchev–Trinajstić information content (AvgIpc) is 2.68. The molecule has 28 heavy (non-hydrogen) atoms. The highest BCUT2D eigenvalue weighted by molar-refractivity contribution is 8.01. The summed E-state index contributed by atoms with van der Waals surface area (Å²) < 4.78 is 25.6. The second-order valence-electron chi connectivity index (χ2n) is 6.09. The van der Waals surface area contributed by atoms with E-state index in [4.69, 9.17) is 0 Å². The number of carbonyl (C=O) groups excluding carboxylic acids is 2. The van der Waals surface area contributed by atoms with Crippen molar-refractivity contribution in [3.05, 3.63) is 54.1 Å². The molecule has 2 aromatic rings. The van der Waals surface area contributed by atoms with Crippen molar-refractivity contribution in [2.75, 3.05) is 23.4 Å². The lowest BCUT2D eigenvalue weighted by molar-refractivity contribution is -0.115. The lowest BCUT2D eigenvalue weighted by atomic mass is 10.2. The summed E-state index contributed by atoms with van der Waals surface area (Å²) in [5, 5.41) is 5.04.